The monoisotopic (exact) mass is 341 g/mol. The molecular weight excluding hydrogens is 322 g/mol. The number of aliphatic carboxylic acids is 1. The molecule has 1 aliphatic heterocycles. The summed E-state index contributed by atoms with van der Waals surface area (Å²) in [5.74, 6) is -1.01. The van der Waals surface area contributed by atoms with Gasteiger partial charge in [0.2, 0.25) is 0 Å². The smallest absolute Gasteiger partial charge is 0.313 e. The van der Waals surface area contributed by atoms with E-state index in [-0.39, 0.29) is 5.91 Å². The molecule has 0 bridgehead atoms. The summed E-state index contributed by atoms with van der Waals surface area (Å²) in [5, 5.41) is 9.85. The molecule has 2 aromatic carbocycles. The number of methoxy groups -OCH3 is 2. The number of hydrogen-bond acceptors (Lipinski definition) is 4. The average molecular weight is 341 g/mol. The van der Waals surface area contributed by atoms with Crippen molar-refractivity contribution in [2.24, 2.45) is 0 Å². The number of amides is 1. The second-order valence-electron chi connectivity index (χ2n) is 5.88. The van der Waals surface area contributed by atoms with Crippen molar-refractivity contribution in [3.63, 3.8) is 0 Å². The predicted molar refractivity (Wildman–Crippen MR) is 91.2 cm³/mol. The van der Waals surface area contributed by atoms with E-state index in [0.717, 1.165) is 0 Å². The SMILES string of the molecule is COc1ccc([C@@H]2[C@@H](C(=O)O)c3ccccc3C(=O)N2C)cc1OC. The van der Waals surface area contributed by atoms with Gasteiger partial charge in [-0.2, -0.15) is 0 Å². The summed E-state index contributed by atoms with van der Waals surface area (Å²) in [6.45, 7) is 0. The standard InChI is InChI=1S/C19H19NO5/c1-20-17(11-8-9-14(24-2)15(10-11)25-3)16(19(22)23)12-6-4-5-7-13(12)18(20)21/h4-10,16-17H,1-3H3,(H,22,23)/t16-,17+/m0/s1. The van der Waals surface area contributed by atoms with Crippen molar-refractivity contribution in [2.45, 2.75) is 12.0 Å². The lowest BCUT2D eigenvalue weighted by molar-refractivity contribution is -0.140. The van der Waals surface area contributed by atoms with Gasteiger partial charge in [0, 0.05) is 12.6 Å². The molecule has 1 amide bonds. The minimum atomic E-state index is -0.980. The van der Waals surface area contributed by atoms with E-state index in [2.05, 4.69) is 0 Å². The molecule has 1 N–H and O–H groups in total. The Balaban J connectivity index is 2.17. The highest BCUT2D eigenvalue weighted by molar-refractivity contribution is 6.00. The van der Waals surface area contributed by atoms with Gasteiger partial charge in [0.05, 0.1) is 20.3 Å². The maximum Gasteiger partial charge on any atom is 0.313 e. The number of carboxylic acid groups (broad SMARTS) is 1. The van der Waals surface area contributed by atoms with Gasteiger partial charge in [-0.15, -0.1) is 0 Å². The number of likely N-dealkylation sites (N-methyl/N-ethyl adjacent to an activating group) is 1. The summed E-state index contributed by atoms with van der Waals surface area (Å²) < 4.78 is 10.6. The van der Waals surface area contributed by atoms with Crippen LogP contribution in [0.25, 0.3) is 0 Å². The molecule has 0 unspecified atom stereocenters. The van der Waals surface area contributed by atoms with Gasteiger partial charge in [-0.1, -0.05) is 24.3 Å². The van der Waals surface area contributed by atoms with Crippen LogP contribution >= 0.6 is 0 Å². The fraction of sp³-hybridized carbons (Fsp3) is 0.263. The fourth-order valence-corrected chi connectivity index (χ4v) is 3.39. The van der Waals surface area contributed by atoms with Gasteiger partial charge in [0.15, 0.2) is 11.5 Å². The van der Waals surface area contributed by atoms with Crippen molar-refractivity contribution in [2.75, 3.05) is 21.3 Å². The molecule has 0 radical (unpaired) electrons. The van der Waals surface area contributed by atoms with Crippen LogP contribution in [0, 0.1) is 0 Å². The number of rotatable bonds is 4. The third kappa shape index (κ3) is 2.69. The molecule has 25 heavy (non-hydrogen) atoms. The van der Waals surface area contributed by atoms with Crippen LogP contribution in [-0.4, -0.2) is 43.2 Å². The Labute approximate surface area is 145 Å². The van der Waals surface area contributed by atoms with Crippen LogP contribution in [0.1, 0.15) is 33.4 Å². The number of nitrogens with zero attached hydrogens (tertiary/aromatic N) is 1. The minimum absolute atomic E-state index is 0.201. The Kier molecular flexibility index (Phi) is 4.35. The lowest BCUT2D eigenvalue weighted by Crippen LogP contribution is -2.42. The summed E-state index contributed by atoms with van der Waals surface area (Å²) >= 11 is 0. The number of carbonyl (C=O) groups is 2. The van der Waals surface area contributed by atoms with Gasteiger partial charge in [-0.05, 0) is 29.3 Å². The summed E-state index contributed by atoms with van der Waals surface area (Å²) in [7, 11) is 4.67. The summed E-state index contributed by atoms with van der Waals surface area (Å²) in [6.07, 6.45) is 0. The number of ether oxygens (including phenoxy) is 2. The Hall–Kier alpha value is -3.02. The third-order valence-corrected chi connectivity index (χ3v) is 4.59. The zero-order chi connectivity index (χ0) is 18.1. The van der Waals surface area contributed by atoms with E-state index in [1.165, 1.54) is 19.1 Å². The van der Waals surface area contributed by atoms with E-state index < -0.39 is 17.9 Å². The molecule has 130 valence electrons. The second kappa shape index (κ2) is 6.47. The number of carbonyl (C=O) groups excluding carboxylic acids is 1. The highest BCUT2D eigenvalue weighted by Gasteiger charge is 2.42. The van der Waals surface area contributed by atoms with Crippen molar-refractivity contribution in [3.05, 3.63) is 59.2 Å². The van der Waals surface area contributed by atoms with Crippen LogP contribution in [0.3, 0.4) is 0 Å². The highest BCUT2D eigenvalue weighted by atomic mass is 16.5. The third-order valence-electron chi connectivity index (χ3n) is 4.59. The zero-order valence-electron chi connectivity index (χ0n) is 14.2. The zero-order valence-corrected chi connectivity index (χ0v) is 14.2. The van der Waals surface area contributed by atoms with Crippen molar-refractivity contribution < 1.29 is 24.2 Å². The normalized spacial score (nSPS) is 19.3. The molecule has 0 spiro atoms. The largest absolute Gasteiger partial charge is 0.493 e. The first-order valence-electron chi connectivity index (χ1n) is 7.80. The van der Waals surface area contributed by atoms with Gasteiger partial charge in [-0.25, -0.2) is 0 Å². The van der Waals surface area contributed by atoms with E-state index in [9.17, 15) is 14.7 Å². The number of carboxylic acids is 1. The molecule has 2 atom stereocenters. The van der Waals surface area contributed by atoms with Gasteiger partial charge in [-0.3, -0.25) is 9.59 Å². The Morgan fingerprint density at radius 2 is 1.76 bits per heavy atom. The first-order valence-corrected chi connectivity index (χ1v) is 7.80. The van der Waals surface area contributed by atoms with Crippen LogP contribution in [0.15, 0.2) is 42.5 Å². The molecular formula is C19H19NO5. The number of benzene rings is 2. The topological polar surface area (TPSA) is 76.1 Å². The van der Waals surface area contributed by atoms with E-state index >= 15 is 0 Å². The molecule has 1 aliphatic rings. The Bertz CT molecular complexity index is 832. The van der Waals surface area contributed by atoms with Crippen molar-refractivity contribution in [3.8, 4) is 11.5 Å². The van der Waals surface area contributed by atoms with Crippen molar-refractivity contribution in [1.82, 2.24) is 4.90 Å². The number of hydrogen-bond donors (Lipinski definition) is 1. The summed E-state index contributed by atoms with van der Waals surface area (Å²) in [6, 6.07) is 11.4. The van der Waals surface area contributed by atoms with Crippen molar-refractivity contribution >= 4 is 11.9 Å². The molecule has 3 rings (SSSR count). The Morgan fingerprint density at radius 3 is 2.40 bits per heavy atom. The van der Waals surface area contributed by atoms with Crippen molar-refractivity contribution in [1.29, 1.82) is 0 Å². The molecule has 6 nitrogen and oxygen atoms in total. The molecule has 0 fully saturated rings. The van der Waals surface area contributed by atoms with E-state index in [1.54, 1.807) is 49.5 Å². The lowest BCUT2D eigenvalue weighted by atomic mass is 9.80. The minimum Gasteiger partial charge on any atom is -0.493 e. The van der Waals surface area contributed by atoms with E-state index in [4.69, 9.17) is 9.47 Å². The maximum atomic E-state index is 12.7. The first-order chi connectivity index (χ1) is 12.0. The summed E-state index contributed by atoms with van der Waals surface area (Å²) in [5.41, 5.74) is 1.63. The molecule has 0 saturated heterocycles. The fourth-order valence-electron chi connectivity index (χ4n) is 3.39. The van der Waals surface area contributed by atoms with Gasteiger partial charge in [0.1, 0.15) is 5.92 Å². The molecule has 0 aliphatic carbocycles. The lowest BCUT2D eigenvalue weighted by Gasteiger charge is -2.38. The first kappa shape index (κ1) is 16.8. The van der Waals surface area contributed by atoms with Crippen LogP contribution < -0.4 is 9.47 Å². The predicted octanol–water partition coefficient (Wildman–Crippen LogP) is 2.70. The second-order valence-corrected chi connectivity index (χ2v) is 5.88. The Morgan fingerprint density at radius 1 is 1.08 bits per heavy atom. The molecule has 0 saturated carbocycles. The maximum absolute atomic E-state index is 12.7. The van der Waals surface area contributed by atoms with Crippen LogP contribution in [0.2, 0.25) is 0 Å². The van der Waals surface area contributed by atoms with Gasteiger partial charge in [0.25, 0.3) is 5.91 Å². The molecule has 2 aromatic rings. The van der Waals surface area contributed by atoms with Crippen LogP contribution in [0.5, 0.6) is 11.5 Å². The van der Waals surface area contributed by atoms with Gasteiger partial charge < -0.3 is 19.5 Å². The van der Waals surface area contributed by atoms with Crippen LogP contribution in [0.4, 0.5) is 0 Å². The molecule has 1 heterocycles. The molecule has 0 aromatic heterocycles. The quantitative estimate of drug-likeness (QED) is 0.925. The van der Waals surface area contributed by atoms with E-state index in [1.807, 2.05) is 0 Å². The highest BCUT2D eigenvalue weighted by Crippen LogP contribution is 2.43. The number of fused-ring (bicyclic) bond motifs is 1. The molecule has 6 heteroatoms. The van der Waals surface area contributed by atoms with Crippen LogP contribution in [-0.2, 0) is 4.79 Å². The van der Waals surface area contributed by atoms with Gasteiger partial charge >= 0.3 is 5.97 Å². The average Bonchev–Trinajstić information content (AvgIpc) is 2.63. The summed E-state index contributed by atoms with van der Waals surface area (Å²) in [4.78, 5) is 26.2. The van der Waals surface area contributed by atoms with E-state index in [0.29, 0.717) is 28.2 Å².